The minimum absolute atomic E-state index is 0.112. The summed E-state index contributed by atoms with van der Waals surface area (Å²) in [6.07, 6.45) is 3.67. The van der Waals surface area contributed by atoms with Gasteiger partial charge in [-0.15, -0.1) is 0 Å². The fourth-order valence-electron chi connectivity index (χ4n) is 1.61. The maximum absolute atomic E-state index is 11.7. The van der Waals surface area contributed by atoms with Gasteiger partial charge in [0.2, 0.25) is 0 Å². The average Bonchev–Trinajstić information content (AvgIpc) is 2.94. The van der Waals surface area contributed by atoms with Gasteiger partial charge in [0, 0.05) is 24.8 Å². The van der Waals surface area contributed by atoms with Crippen LogP contribution in [0.5, 0.6) is 0 Å². The highest BCUT2D eigenvalue weighted by atomic mass is 16.3. The van der Waals surface area contributed by atoms with Gasteiger partial charge < -0.3 is 9.73 Å². The summed E-state index contributed by atoms with van der Waals surface area (Å²) in [6, 6.07) is 4.74. The molecular weight excluding hydrogens is 246 g/mol. The molecule has 0 saturated carbocycles. The Labute approximate surface area is 110 Å². The van der Waals surface area contributed by atoms with E-state index in [4.69, 9.17) is 4.42 Å². The molecule has 0 aromatic carbocycles. The smallest absolute Gasteiger partial charge is 0.287 e. The molecule has 19 heavy (non-hydrogen) atoms. The summed E-state index contributed by atoms with van der Waals surface area (Å²) in [6.45, 7) is 2.66. The van der Waals surface area contributed by atoms with Crippen molar-refractivity contribution in [3.05, 3.63) is 52.6 Å². The van der Waals surface area contributed by atoms with Crippen molar-refractivity contribution < 1.29 is 9.21 Å². The molecule has 100 valence electrons. The van der Waals surface area contributed by atoms with Gasteiger partial charge in [-0.25, -0.2) is 4.98 Å². The van der Waals surface area contributed by atoms with Crippen molar-refractivity contribution in [1.29, 1.82) is 0 Å². The third kappa shape index (κ3) is 3.31. The molecule has 2 aromatic rings. The molecule has 0 atom stereocenters. The van der Waals surface area contributed by atoms with E-state index in [-0.39, 0.29) is 17.2 Å². The molecule has 0 aliphatic rings. The normalized spacial score (nSPS) is 10.4. The van der Waals surface area contributed by atoms with Crippen molar-refractivity contribution in [2.45, 2.75) is 19.9 Å². The van der Waals surface area contributed by atoms with Crippen LogP contribution in [0.3, 0.4) is 0 Å². The molecule has 0 saturated heterocycles. The van der Waals surface area contributed by atoms with Gasteiger partial charge in [-0.3, -0.25) is 14.2 Å². The topological polar surface area (TPSA) is 77.1 Å². The van der Waals surface area contributed by atoms with Crippen LogP contribution in [0.4, 0.5) is 0 Å². The molecule has 2 aromatic heterocycles. The summed E-state index contributed by atoms with van der Waals surface area (Å²) in [5.74, 6) is -0.0389. The molecule has 0 spiro atoms. The monoisotopic (exact) mass is 261 g/mol. The van der Waals surface area contributed by atoms with Crippen molar-refractivity contribution >= 4 is 5.91 Å². The lowest BCUT2D eigenvalue weighted by atomic mass is 10.3. The van der Waals surface area contributed by atoms with Crippen molar-refractivity contribution in [3.63, 3.8) is 0 Å². The van der Waals surface area contributed by atoms with Gasteiger partial charge in [0.05, 0.1) is 12.6 Å². The Balaban J connectivity index is 1.89. The lowest BCUT2D eigenvalue weighted by Gasteiger charge is -2.06. The summed E-state index contributed by atoms with van der Waals surface area (Å²) < 4.78 is 6.42. The third-order valence-corrected chi connectivity index (χ3v) is 2.68. The maximum atomic E-state index is 11.7. The number of amides is 1. The summed E-state index contributed by atoms with van der Waals surface area (Å²) in [7, 11) is 0. The van der Waals surface area contributed by atoms with Crippen LogP contribution >= 0.6 is 0 Å². The number of rotatable bonds is 5. The number of aryl methyl sites for hydroxylation is 1. The first kappa shape index (κ1) is 13.1. The highest BCUT2D eigenvalue weighted by molar-refractivity contribution is 5.91. The fourth-order valence-corrected chi connectivity index (χ4v) is 1.61. The van der Waals surface area contributed by atoms with Crippen molar-refractivity contribution in [2.75, 3.05) is 6.54 Å². The second-order valence-electron chi connectivity index (χ2n) is 4.00. The van der Waals surface area contributed by atoms with Crippen molar-refractivity contribution in [2.24, 2.45) is 0 Å². The zero-order chi connectivity index (χ0) is 13.7. The quantitative estimate of drug-likeness (QED) is 0.864. The Morgan fingerprint density at radius 1 is 1.53 bits per heavy atom. The van der Waals surface area contributed by atoms with Crippen LogP contribution in [0.15, 0.2) is 40.0 Å². The predicted octanol–water partition coefficient (Wildman–Crippen LogP) is 0.829. The van der Waals surface area contributed by atoms with Gasteiger partial charge >= 0.3 is 0 Å². The second kappa shape index (κ2) is 5.99. The van der Waals surface area contributed by atoms with Crippen LogP contribution in [-0.4, -0.2) is 22.0 Å². The molecule has 0 aliphatic heterocycles. The van der Waals surface area contributed by atoms with E-state index in [9.17, 15) is 9.59 Å². The van der Waals surface area contributed by atoms with E-state index in [2.05, 4.69) is 10.3 Å². The molecule has 2 rings (SSSR count). The van der Waals surface area contributed by atoms with Gasteiger partial charge in [0.15, 0.2) is 5.76 Å². The lowest BCUT2D eigenvalue weighted by molar-refractivity contribution is 0.0924. The predicted molar refractivity (Wildman–Crippen MR) is 68.9 cm³/mol. The zero-order valence-corrected chi connectivity index (χ0v) is 10.6. The SMILES string of the molecule is CCc1cc(=O)n(CCNC(=O)c2ccco2)cn1. The average molecular weight is 261 g/mol. The Bertz CT molecular complexity index is 602. The number of hydrogen-bond donors (Lipinski definition) is 1. The van der Waals surface area contributed by atoms with E-state index in [1.807, 2.05) is 6.92 Å². The Morgan fingerprint density at radius 3 is 3.00 bits per heavy atom. The molecule has 1 amide bonds. The highest BCUT2D eigenvalue weighted by Gasteiger charge is 2.07. The number of carbonyl (C=O) groups is 1. The molecule has 0 radical (unpaired) electrons. The molecule has 2 heterocycles. The van der Waals surface area contributed by atoms with Gasteiger partial charge in [-0.2, -0.15) is 0 Å². The number of hydrogen-bond acceptors (Lipinski definition) is 4. The Kier molecular flexibility index (Phi) is 4.12. The molecule has 1 N–H and O–H groups in total. The summed E-state index contributed by atoms with van der Waals surface area (Å²) in [4.78, 5) is 27.4. The number of carbonyl (C=O) groups excluding carboxylic acids is 1. The fraction of sp³-hybridized carbons (Fsp3) is 0.308. The largest absolute Gasteiger partial charge is 0.459 e. The molecule has 6 heteroatoms. The minimum atomic E-state index is -0.295. The van der Waals surface area contributed by atoms with E-state index in [1.165, 1.54) is 23.2 Å². The van der Waals surface area contributed by atoms with Gasteiger partial charge in [-0.1, -0.05) is 6.92 Å². The summed E-state index contributed by atoms with van der Waals surface area (Å²) >= 11 is 0. The minimum Gasteiger partial charge on any atom is -0.459 e. The Hall–Kier alpha value is -2.37. The molecular formula is C13H15N3O3. The summed E-state index contributed by atoms with van der Waals surface area (Å²) in [5.41, 5.74) is 0.653. The van der Waals surface area contributed by atoms with Crippen LogP contribution in [0.25, 0.3) is 0 Å². The van der Waals surface area contributed by atoms with Gasteiger partial charge in [0.25, 0.3) is 11.5 Å². The van der Waals surface area contributed by atoms with E-state index >= 15 is 0 Å². The molecule has 0 unspecified atom stereocenters. The van der Waals surface area contributed by atoms with Crippen LogP contribution in [0.2, 0.25) is 0 Å². The maximum Gasteiger partial charge on any atom is 0.287 e. The molecule has 0 fully saturated rings. The Morgan fingerprint density at radius 2 is 2.37 bits per heavy atom. The van der Waals surface area contributed by atoms with Crippen molar-refractivity contribution in [3.8, 4) is 0 Å². The molecule has 0 bridgehead atoms. The zero-order valence-electron chi connectivity index (χ0n) is 10.6. The number of nitrogens with one attached hydrogen (secondary N) is 1. The van der Waals surface area contributed by atoms with Crippen LogP contribution in [0, 0.1) is 0 Å². The summed E-state index contributed by atoms with van der Waals surface area (Å²) in [5, 5.41) is 2.67. The lowest BCUT2D eigenvalue weighted by Crippen LogP contribution is -2.30. The number of nitrogens with zero attached hydrogens (tertiary/aromatic N) is 2. The number of aromatic nitrogens is 2. The van der Waals surface area contributed by atoms with E-state index in [0.29, 0.717) is 13.1 Å². The second-order valence-corrected chi connectivity index (χ2v) is 4.00. The first-order chi connectivity index (χ1) is 9.20. The van der Waals surface area contributed by atoms with Gasteiger partial charge in [0.1, 0.15) is 0 Å². The van der Waals surface area contributed by atoms with Crippen molar-refractivity contribution in [1.82, 2.24) is 14.9 Å². The van der Waals surface area contributed by atoms with Crippen LogP contribution in [-0.2, 0) is 13.0 Å². The highest BCUT2D eigenvalue weighted by Crippen LogP contribution is 1.98. The van der Waals surface area contributed by atoms with E-state index in [0.717, 1.165) is 12.1 Å². The van der Waals surface area contributed by atoms with E-state index in [1.54, 1.807) is 12.1 Å². The van der Waals surface area contributed by atoms with Crippen LogP contribution < -0.4 is 10.9 Å². The van der Waals surface area contributed by atoms with Gasteiger partial charge in [-0.05, 0) is 18.6 Å². The van der Waals surface area contributed by atoms with E-state index < -0.39 is 0 Å². The first-order valence-electron chi connectivity index (χ1n) is 6.07. The molecule has 6 nitrogen and oxygen atoms in total. The first-order valence-corrected chi connectivity index (χ1v) is 6.07. The number of furan rings is 1. The van der Waals surface area contributed by atoms with Crippen LogP contribution in [0.1, 0.15) is 23.2 Å². The molecule has 0 aliphatic carbocycles. The standard InChI is InChI=1S/C13H15N3O3/c1-2-10-8-12(17)16(9-15-10)6-5-14-13(18)11-4-3-7-19-11/h3-4,7-9H,2,5-6H2,1H3,(H,14,18). The third-order valence-electron chi connectivity index (χ3n) is 2.68.